The molecule has 0 fully saturated rings. The molecule has 0 spiro atoms. The zero-order valence-corrected chi connectivity index (χ0v) is 14.6. The highest BCUT2D eigenvalue weighted by Crippen LogP contribution is 2.29. The van der Waals surface area contributed by atoms with Gasteiger partial charge in [0.05, 0.1) is 12.8 Å². The lowest BCUT2D eigenvalue weighted by Crippen LogP contribution is -2.11. The van der Waals surface area contributed by atoms with E-state index < -0.39 is 0 Å². The summed E-state index contributed by atoms with van der Waals surface area (Å²) < 4.78 is 5.17. The molecule has 0 saturated carbocycles. The van der Waals surface area contributed by atoms with Crippen molar-refractivity contribution in [2.45, 2.75) is 13.8 Å². The van der Waals surface area contributed by atoms with Gasteiger partial charge in [-0.25, -0.2) is 4.98 Å². The molecule has 0 atom stereocenters. The van der Waals surface area contributed by atoms with Gasteiger partial charge >= 0.3 is 0 Å². The molecule has 5 heteroatoms. The highest BCUT2D eigenvalue weighted by molar-refractivity contribution is 7.17. The van der Waals surface area contributed by atoms with Crippen LogP contribution in [0.4, 0.5) is 5.69 Å². The fourth-order valence-electron chi connectivity index (χ4n) is 2.29. The van der Waals surface area contributed by atoms with Gasteiger partial charge in [-0.15, -0.1) is 11.3 Å². The maximum atomic E-state index is 12.5. The van der Waals surface area contributed by atoms with Crippen molar-refractivity contribution in [3.05, 3.63) is 64.7 Å². The van der Waals surface area contributed by atoms with Crippen LogP contribution in [0.25, 0.3) is 10.6 Å². The van der Waals surface area contributed by atoms with E-state index in [1.165, 1.54) is 11.3 Å². The van der Waals surface area contributed by atoms with Crippen molar-refractivity contribution in [1.29, 1.82) is 0 Å². The monoisotopic (exact) mass is 338 g/mol. The summed E-state index contributed by atoms with van der Waals surface area (Å²) in [6, 6.07) is 15.4. The number of carbonyl (C=O) groups is 1. The lowest BCUT2D eigenvalue weighted by Gasteiger charge is -2.04. The van der Waals surface area contributed by atoms with Crippen LogP contribution in [0.15, 0.2) is 48.5 Å². The number of hydrogen-bond donors (Lipinski definition) is 1. The van der Waals surface area contributed by atoms with E-state index >= 15 is 0 Å². The van der Waals surface area contributed by atoms with Crippen molar-refractivity contribution in [3.8, 4) is 16.3 Å². The molecule has 1 amide bonds. The quantitative estimate of drug-likeness (QED) is 0.751. The second-order valence-electron chi connectivity index (χ2n) is 5.48. The Morgan fingerprint density at radius 1 is 1.04 bits per heavy atom. The van der Waals surface area contributed by atoms with E-state index in [0.717, 1.165) is 33.3 Å². The first kappa shape index (κ1) is 16.2. The van der Waals surface area contributed by atoms with E-state index in [9.17, 15) is 4.79 Å². The Kier molecular flexibility index (Phi) is 4.62. The SMILES string of the molecule is COc1ccc(-c2nc(C)c(C(=O)Nc3ccc(C)cc3)s2)cc1. The van der Waals surface area contributed by atoms with Gasteiger partial charge in [0.2, 0.25) is 0 Å². The molecule has 0 unspecified atom stereocenters. The summed E-state index contributed by atoms with van der Waals surface area (Å²) in [6.45, 7) is 3.87. The summed E-state index contributed by atoms with van der Waals surface area (Å²) in [5.74, 6) is 0.665. The Labute approximate surface area is 145 Å². The molecule has 0 saturated heterocycles. The van der Waals surface area contributed by atoms with Crippen molar-refractivity contribution in [2.24, 2.45) is 0 Å². The average molecular weight is 338 g/mol. The van der Waals surface area contributed by atoms with Gasteiger partial charge in [-0.05, 0) is 50.2 Å². The number of carbonyl (C=O) groups excluding carboxylic acids is 1. The predicted molar refractivity (Wildman–Crippen MR) is 98.0 cm³/mol. The molecule has 1 aromatic heterocycles. The first-order valence-electron chi connectivity index (χ1n) is 7.56. The van der Waals surface area contributed by atoms with Gasteiger partial charge in [0.15, 0.2) is 0 Å². The molecule has 3 aromatic rings. The van der Waals surface area contributed by atoms with Crippen LogP contribution >= 0.6 is 11.3 Å². The highest BCUT2D eigenvalue weighted by Gasteiger charge is 2.16. The predicted octanol–water partition coefficient (Wildman–Crippen LogP) is 4.69. The molecule has 4 nitrogen and oxygen atoms in total. The van der Waals surface area contributed by atoms with Crippen LogP contribution in [0.1, 0.15) is 20.9 Å². The normalized spacial score (nSPS) is 10.5. The molecule has 0 bridgehead atoms. The summed E-state index contributed by atoms with van der Waals surface area (Å²) >= 11 is 1.39. The second kappa shape index (κ2) is 6.84. The summed E-state index contributed by atoms with van der Waals surface area (Å²) in [6.07, 6.45) is 0. The molecular weight excluding hydrogens is 320 g/mol. The maximum Gasteiger partial charge on any atom is 0.267 e. The zero-order chi connectivity index (χ0) is 17.1. The van der Waals surface area contributed by atoms with Crippen LogP contribution in [-0.4, -0.2) is 18.0 Å². The second-order valence-corrected chi connectivity index (χ2v) is 6.48. The van der Waals surface area contributed by atoms with E-state index in [4.69, 9.17) is 4.74 Å². The molecule has 24 heavy (non-hydrogen) atoms. The Morgan fingerprint density at radius 3 is 2.33 bits per heavy atom. The fraction of sp³-hybridized carbons (Fsp3) is 0.158. The molecule has 0 aliphatic heterocycles. The van der Waals surface area contributed by atoms with E-state index in [2.05, 4.69) is 10.3 Å². The third kappa shape index (κ3) is 3.46. The van der Waals surface area contributed by atoms with Crippen molar-refractivity contribution in [1.82, 2.24) is 4.98 Å². The molecule has 0 aliphatic rings. The van der Waals surface area contributed by atoms with Gasteiger partial charge in [0.25, 0.3) is 5.91 Å². The highest BCUT2D eigenvalue weighted by atomic mass is 32.1. The smallest absolute Gasteiger partial charge is 0.267 e. The third-order valence-corrected chi connectivity index (χ3v) is 4.85. The minimum atomic E-state index is -0.131. The number of methoxy groups -OCH3 is 1. The summed E-state index contributed by atoms with van der Waals surface area (Å²) in [7, 11) is 1.63. The first-order valence-corrected chi connectivity index (χ1v) is 8.38. The number of thiazole rings is 1. The van der Waals surface area contributed by atoms with Crippen molar-refractivity contribution < 1.29 is 9.53 Å². The Morgan fingerprint density at radius 2 is 1.71 bits per heavy atom. The van der Waals surface area contributed by atoms with Gasteiger partial charge in [0, 0.05) is 11.3 Å². The van der Waals surface area contributed by atoms with E-state index in [-0.39, 0.29) is 5.91 Å². The number of ether oxygens (including phenoxy) is 1. The summed E-state index contributed by atoms with van der Waals surface area (Å²) in [4.78, 5) is 17.7. The number of amides is 1. The lowest BCUT2D eigenvalue weighted by atomic mass is 10.2. The number of hydrogen-bond acceptors (Lipinski definition) is 4. The van der Waals surface area contributed by atoms with Crippen LogP contribution in [0, 0.1) is 13.8 Å². The Balaban J connectivity index is 1.82. The number of aryl methyl sites for hydroxylation is 2. The summed E-state index contributed by atoms with van der Waals surface area (Å²) in [5.41, 5.74) is 3.64. The molecule has 122 valence electrons. The maximum absolute atomic E-state index is 12.5. The number of rotatable bonds is 4. The van der Waals surface area contributed by atoms with Crippen molar-refractivity contribution >= 4 is 22.9 Å². The molecule has 1 N–H and O–H groups in total. The standard InChI is InChI=1S/C19H18N2O2S/c1-12-4-8-15(9-5-12)21-18(22)17-13(2)20-19(24-17)14-6-10-16(23-3)11-7-14/h4-11H,1-3H3,(H,21,22). The van der Waals surface area contributed by atoms with Crippen LogP contribution < -0.4 is 10.1 Å². The van der Waals surface area contributed by atoms with Crippen LogP contribution in [0.2, 0.25) is 0 Å². The van der Waals surface area contributed by atoms with Crippen molar-refractivity contribution in [2.75, 3.05) is 12.4 Å². The third-order valence-electron chi connectivity index (χ3n) is 3.65. The number of nitrogens with zero attached hydrogens (tertiary/aromatic N) is 1. The van der Waals surface area contributed by atoms with Crippen LogP contribution in [-0.2, 0) is 0 Å². The molecule has 3 rings (SSSR count). The fourth-order valence-corrected chi connectivity index (χ4v) is 3.26. The van der Waals surface area contributed by atoms with Crippen LogP contribution in [0.5, 0.6) is 5.75 Å². The first-order chi connectivity index (χ1) is 11.6. The minimum Gasteiger partial charge on any atom is -0.497 e. The Hall–Kier alpha value is -2.66. The van der Waals surface area contributed by atoms with E-state index in [1.54, 1.807) is 7.11 Å². The van der Waals surface area contributed by atoms with E-state index in [1.807, 2.05) is 62.4 Å². The Bertz CT molecular complexity index is 852. The number of benzene rings is 2. The zero-order valence-electron chi connectivity index (χ0n) is 13.8. The average Bonchev–Trinajstić information content (AvgIpc) is 2.99. The van der Waals surface area contributed by atoms with Gasteiger partial charge in [0.1, 0.15) is 15.6 Å². The lowest BCUT2D eigenvalue weighted by molar-refractivity contribution is 0.103. The van der Waals surface area contributed by atoms with Crippen LogP contribution in [0.3, 0.4) is 0 Å². The van der Waals surface area contributed by atoms with Gasteiger partial charge in [-0.1, -0.05) is 17.7 Å². The van der Waals surface area contributed by atoms with Gasteiger partial charge in [-0.2, -0.15) is 0 Å². The largest absolute Gasteiger partial charge is 0.497 e. The number of nitrogens with one attached hydrogen (secondary N) is 1. The van der Waals surface area contributed by atoms with Crippen molar-refractivity contribution in [3.63, 3.8) is 0 Å². The molecule has 0 aliphatic carbocycles. The minimum absolute atomic E-state index is 0.131. The van der Waals surface area contributed by atoms with E-state index in [0.29, 0.717) is 4.88 Å². The molecule has 1 heterocycles. The summed E-state index contributed by atoms with van der Waals surface area (Å²) in [5, 5.41) is 3.74. The molecule has 2 aromatic carbocycles. The van der Waals surface area contributed by atoms with Gasteiger partial charge < -0.3 is 10.1 Å². The molecular formula is C19H18N2O2S. The van der Waals surface area contributed by atoms with Gasteiger partial charge in [-0.3, -0.25) is 4.79 Å². The molecule has 0 radical (unpaired) electrons. The number of aromatic nitrogens is 1. The topological polar surface area (TPSA) is 51.2 Å². The number of anilines is 1.